The van der Waals surface area contributed by atoms with Crippen molar-refractivity contribution in [3.05, 3.63) is 64.7 Å². The van der Waals surface area contributed by atoms with Gasteiger partial charge in [-0.05, 0) is 43.7 Å². The van der Waals surface area contributed by atoms with E-state index >= 15 is 0 Å². The molecule has 0 atom stereocenters. The van der Waals surface area contributed by atoms with Crippen LogP contribution >= 0.6 is 0 Å². The van der Waals surface area contributed by atoms with E-state index in [0.717, 1.165) is 22.4 Å². The average molecular weight is 279 g/mol. The fourth-order valence-corrected chi connectivity index (χ4v) is 1.99. The largest absolute Gasteiger partial charge is 0.384 e. The van der Waals surface area contributed by atoms with Crippen molar-refractivity contribution in [1.82, 2.24) is 0 Å². The van der Waals surface area contributed by atoms with Crippen molar-refractivity contribution >= 4 is 11.6 Å². The summed E-state index contributed by atoms with van der Waals surface area (Å²) in [6, 6.07) is 13.0. The van der Waals surface area contributed by atoms with Gasteiger partial charge >= 0.3 is 0 Å². The minimum Gasteiger partial charge on any atom is -0.384 e. The van der Waals surface area contributed by atoms with Crippen LogP contribution in [0.2, 0.25) is 0 Å². The summed E-state index contributed by atoms with van der Waals surface area (Å²) in [7, 11) is 0. The van der Waals surface area contributed by atoms with Crippen molar-refractivity contribution in [2.24, 2.45) is 0 Å². The number of aliphatic hydroxyl groups is 1. The lowest BCUT2D eigenvalue weighted by atomic mass is 10.0. The number of nitrogens with one attached hydrogen (secondary N) is 1. The number of carbonyl (C=O) groups is 1. The Balaban J connectivity index is 2.25. The van der Waals surface area contributed by atoms with Crippen LogP contribution in [0, 0.1) is 25.7 Å². The van der Waals surface area contributed by atoms with Crippen LogP contribution in [0.4, 0.5) is 5.69 Å². The topological polar surface area (TPSA) is 49.3 Å². The predicted octanol–water partition coefficient (Wildman–Crippen LogP) is 2.90. The number of anilines is 1. The van der Waals surface area contributed by atoms with Crippen LogP contribution in [-0.2, 0) is 0 Å². The van der Waals surface area contributed by atoms with E-state index in [1.165, 1.54) is 0 Å². The zero-order valence-electron chi connectivity index (χ0n) is 12.1. The molecule has 0 aromatic heterocycles. The third-order valence-corrected chi connectivity index (χ3v) is 3.19. The van der Waals surface area contributed by atoms with E-state index in [0.29, 0.717) is 5.56 Å². The lowest BCUT2D eigenvalue weighted by Crippen LogP contribution is -2.13. The Hall–Kier alpha value is -2.57. The number of hydrogen-bond donors (Lipinski definition) is 2. The van der Waals surface area contributed by atoms with Gasteiger partial charge in [-0.25, -0.2) is 0 Å². The number of aliphatic hydroxyl groups excluding tert-OH is 1. The molecule has 0 aliphatic rings. The summed E-state index contributed by atoms with van der Waals surface area (Å²) < 4.78 is 0. The molecule has 0 saturated carbocycles. The second kappa shape index (κ2) is 6.74. The molecule has 106 valence electrons. The van der Waals surface area contributed by atoms with Gasteiger partial charge < -0.3 is 10.4 Å². The van der Waals surface area contributed by atoms with Crippen LogP contribution in [0.3, 0.4) is 0 Å². The van der Waals surface area contributed by atoms with Gasteiger partial charge in [0, 0.05) is 16.8 Å². The van der Waals surface area contributed by atoms with Crippen molar-refractivity contribution in [3.63, 3.8) is 0 Å². The van der Waals surface area contributed by atoms with Crippen molar-refractivity contribution in [2.75, 3.05) is 11.9 Å². The summed E-state index contributed by atoms with van der Waals surface area (Å²) in [6.45, 7) is 3.66. The standard InChI is InChI=1S/C18H17NO2/c1-13-8-10-16(11-9-13)19-18(21)17-7-3-5-15(14(17)2)6-4-12-20/h3,5,7-11,20H,12H2,1-2H3,(H,19,21). The van der Waals surface area contributed by atoms with Gasteiger partial charge in [0.1, 0.15) is 6.61 Å². The summed E-state index contributed by atoms with van der Waals surface area (Å²) >= 11 is 0. The number of amides is 1. The van der Waals surface area contributed by atoms with E-state index in [-0.39, 0.29) is 12.5 Å². The van der Waals surface area contributed by atoms with E-state index < -0.39 is 0 Å². The molecule has 2 aromatic rings. The Morgan fingerprint density at radius 1 is 1.14 bits per heavy atom. The highest BCUT2D eigenvalue weighted by Crippen LogP contribution is 2.16. The fraction of sp³-hybridized carbons (Fsp3) is 0.167. The highest BCUT2D eigenvalue weighted by Gasteiger charge is 2.11. The van der Waals surface area contributed by atoms with E-state index in [1.54, 1.807) is 12.1 Å². The molecular weight excluding hydrogens is 262 g/mol. The van der Waals surface area contributed by atoms with Gasteiger partial charge in [-0.1, -0.05) is 35.6 Å². The number of aryl methyl sites for hydroxylation is 1. The number of hydrogen-bond acceptors (Lipinski definition) is 2. The van der Waals surface area contributed by atoms with Gasteiger partial charge in [0.15, 0.2) is 0 Å². The molecule has 3 nitrogen and oxygen atoms in total. The highest BCUT2D eigenvalue weighted by atomic mass is 16.2. The molecule has 0 radical (unpaired) electrons. The maximum atomic E-state index is 12.3. The smallest absolute Gasteiger partial charge is 0.255 e. The molecule has 0 bridgehead atoms. The third kappa shape index (κ3) is 3.71. The minimum atomic E-state index is -0.195. The first-order valence-electron chi connectivity index (χ1n) is 6.69. The Bertz CT molecular complexity index is 706. The van der Waals surface area contributed by atoms with Crippen LogP contribution in [0.5, 0.6) is 0 Å². The zero-order valence-corrected chi connectivity index (χ0v) is 12.1. The molecule has 3 heteroatoms. The van der Waals surface area contributed by atoms with Crippen LogP contribution < -0.4 is 5.32 Å². The highest BCUT2D eigenvalue weighted by molar-refractivity contribution is 6.05. The van der Waals surface area contributed by atoms with Crippen molar-refractivity contribution in [3.8, 4) is 11.8 Å². The molecule has 21 heavy (non-hydrogen) atoms. The van der Waals surface area contributed by atoms with Gasteiger partial charge in [0.25, 0.3) is 5.91 Å². The van der Waals surface area contributed by atoms with Gasteiger partial charge in [0.2, 0.25) is 0 Å². The molecule has 0 heterocycles. The Labute approximate surface area is 124 Å². The monoisotopic (exact) mass is 279 g/mol. The fourth-order valence-electron chi connectivity index (χ4n) is 1.99. The van der Waals surface area contributed by atoms with Crippen LogP contribution in [0.25, 0.3) is 0 Å². The first kappa shape index (κ1) is 14.8. The minimum absolute atomic E-state index is 0.163. The average Bonchev–Trinajstić information content (AvgIpc) is 2.48. The summed E-state index contributed by atoms with van der Waals surface area (Å²) in [5.41, 5.74) is 4.05. The molecular formula is C18H17NO2. The van der Waals surface area contributed by atoms with Gasteiger partial charge in [-0.2, -0.15) is 0 Å². The van der Waals surface area contributed by atoms with Gasteiger partial charge in [0.05, 0.1) is 0 Å². The first-order valence-corrected chi connectivity index (χ1v) is 6.69. The van der Waals surface area contributed by atoms with Crippen molar-refractivity contribution in [1.29, 1.82) is 0 Å². The maximum Gasteiger partial charge on any atom is 0.255 e. The van der Waals surface area contributed by atoms with Crippen LogP contribution in [-0.4, -0.2) is 17.6 Å². The molecule has 2 N–H and O–H groups in total. The maximum absolute atomic E-state index is 12.3. The van der Waals surface area contributed by atoms with Gasteiger partial charge in [-0.3, -0.25) is 4.79 Å². The van der Waals surface area contributed by atoms with Gasteiger partial charge in [-0.15, -0.1) is 0 Å². The molecule has 0 aliphatic carbocycles. The lowest BCUT2D eigenvalue weighted by molar-refractivity contribution is 0.102. The van der Waals surface area contributed by atoms with E-state index in [2.05, 4.69) is 17.2 Å². The molecule has 2 aromatic carbocycles. The van der Waals surface area contributed by atoms with E-state index in [9.17, 15) is 4.79 Å². The van der Waals surface area contributed by atoms with Crippen molar-refractivity contribution < 1.29 is 9.90 Å². The summed E-state index contributed by atoms with van der Waals surface area (Å²) in [5.74, 6) is 5.29. The summed E-state index contributed by atoms with van der Waals surface area (Å²) in [5, 5.41) is 11.6. The second-order valence-electron chi connectivity index (χ2n) is 4.76. The summed E-state index contributed by atoms with van der Waals surface area (Å²) in [4.78, 5) is 12.3. The first-order chi connectivity index (χ1) is 10.1. The predicted molar refractivity (Wildman–Crippen MR) is 84.3 cm³/mol. The summed E-state index contributed by atoms with van der Waals surface area (Å²) in [6.07, 6.45) is 0. The van der Waals surface area contributed by atoms with E-state index in [4.69, 9.17) is 5.11 Å². The Morgan fingerprint density at radius 2 is 1.86 bits per heavy atom. The van der Waals surface area contributed by atoms with Crippen LogP contribution in [0.15, 0.2) is 42.5 Å². The number of rotatable bonds is 2. The second-order valence-corrected chi connectivity index (χ2v) is 4.76. The Morgan fingerprint density at radius 3 is 2.52 bits per heavy atom. The Kier molecular flexibility index (Phi) is 4.76. The quantitative estimate of drug-likeness (QED) is 0.830. The SMILES string of the molecule is Cc1ccc(NC(=O)c2cccc(C#CCO)c2C)cc1. The lowest BCUT2D eigenvalue weighted by Gasteiger charge is -2.09. The van der Waals surface area contributed by atoms with E-state index in [1.807, 2.05) is 44.2 Å². The molecule has 0 unspecified atom stereocenters. The zero-order chi connectivity index (χ0) is 15.2. The normalized spacial score (nSPS) is 9.67. The molecule has 0 aliphatic heterocycles. The third-order valence-electron chi connectivity index (χ3n) is 3.19. The van der Waals surface area contributed by atoms with Crippen LogP contribution in [0.1, 0.15) is 27.0 Å². The molecule has 1 amide bonds. The number of benzene rings is 2. The molecule has 0 spiro atoms. The molecule has 0 saturated heterocycles. The molecule has 0 fully saturated rings. The molecule has 2 rings (SSSR count). The number of carbonyl (C=O) groups excluding carboxylic acids is 1. The van der Waals surface area contributed by atoms with Crippen molar-refractivity contribution in [2.45, 2.75) is 13.8 Å².